The van der Waals surface area contributed by atoms with Gasteiger partial charge in [0.25, 0.3) is 0 Å². The minimum absolute atomic E-state index is 0.0301. The number of carbonyl (C=O) groups excluding carboxylic acids is 1. The minimum atomic E-state index is -0.459. The van der Waals surface area contributed by atoms with Gasteiger partial charge in [-0.1, -0.05) is 18.2 Å². The minimum Gasteiger partial charge on any atom is -0.497 e. The van der Waals surface area contributed by atoms with Gasteiger partial charge in [0.1, 0.15) is 23.9 Å². The highest BCUT2D eigenvalue weighted by atomic mass is 19.1. The molecule has 1 N–H and O–H groups in total. The Morgan fingerprint density at radius 3 is 2.50 bits per heavy atom. The molecule has 0 unspecified atom stereocenters. The zero-order valence-corrected chi connectivity index (χ0v) is 20.0. The number of methoxy groups -OCH3 is 2. The summed E-state index contributed by atoms with van der Waals surface area (Å²) >= 11 is 0. The number of carbonyl (C=O) groups is 1. The van der Waals surface area contributed by atoms with Crippen molar-refractivity contribution in [1.29, 1.82) is 0 Å². The van der Waals surface area contributed by atoms with Crippen molar-refractivity contribution in [1.82, 2.24) is 0 Å². The average Bonchev–Trinajstić information content (AvgIpc) is 2.81. The zero-order chi connectivity index (χ0) is 24.5. The molecule has 6 heteroatoms. The first-order valence-corrected chi connectivity index (χ1v) is 11.0. The summed E-state index contributed by atoms with van der Waals surface area (Å²) in [6, 6.07) is 15.2. The van der Waals surface area contributed by atoms with Crippen LogP contribution in [0.5, 0.6) is 11.5 Å². The van der Waals surface area contributed by atoms with Crippen LogP contribution in [0.3, 0.4) is 0 Å². The molecule has 0 saturated heterocycles. The fourth-order valence-electron chi connectivity index (χ4n) is 4.46. The highest BCUT2D eigenvalue weighted by molar-refractivity contribution is 5.91. The summed E-state index contributed by atoms with van der Waals surface area (Å²) in [5, 5.41) is 3.53. The lowest BCUT2D eigenvalue weighted by Gasteiger charge is -2.33. The molecular weight excluding hydrogens is 433 g/mol. The number of ether oxygens (including phenoxy) is 3. The first-order chi connectivity index (χ1) is 16.2. The first kappa shape index (κ1) is 23.4. The van der Waals surface area contributed by atoms with Gasteiger partial charge in [-0.05, 0) is 68.3 Å². The predicted octanol–water partition coefficient (Wildman–Crippen LogP) is 6.47. The SMILES string of the molecule is COc1cccc(C(=O)OCc2c(-c3ccc(F)cc3OC)ccc3c2C(C)=CC(C)(C)N3)c1. The third-order valence-corrected chi connectivity index (χ3v) is 5.85. The van der Waals surface area contributed by atoms with Gasteiger partial charge in [-0.15, -0.1) is 0 Å². The predicted molar refractivity (Wildman–Crippen MR) is 132 cm³/mol. The Bertz CT molecular complexity index is 1280. The smallest absolute Gasteiger partial charge is 0.338 e. The van der Waals surface area contributed by atoms with Crippen LogP contribution >= 0.6 is 0 Å². The van der Waals surface area contributed by atoms with Crippen molar-refractivity contribution in [2.45, 2.75) is 32.9 Å². The summed E-state index contributed by atoms with van der Waals surface area (Å²) in [5.41, 5.74) is 5.49. The Morgan fingerprint density at radius 2 is 1.76 bits per heavy atom. The van der Waals surface area contributed by atoms with Crippen molar-refractivity contribution >= 4 is 17.2 Å². The van der Waals surface area contributed by atoms with Crippen LogP contribution in [-0.2, 0) is 11.3 Å². The van der Waals surface area contributed by atoms with Crippen LogP contribution in [0, 0.1) is 5.82 Å². The van der Waals surface area contributed by atoms with E-state index in [9.17, 15) is 9.18 Å². The van der Waals surface area contributed by atoms with E-state index in [1.165, 1.54) is 19.2 Å². The van der Waals surface area contributed by atoms with Crippen molar-refractivity contribution in [3.63, 3.8) is 0 Å². The van der Waals surface area contributed by atoms with Crippen molar-refractivity contribution in [2.75, 3.05) is 19.5 Å². The lowest BCUT2D eigenvalue weighted by atomic mass is 9.85. The molecule has 1 aliphatic rings. The van der Waals surface area contributed by atoms with Gasteiger partial charge in [0, 0.05) is 28.4 Å². The average molecular weight is 462 g/mol. The number of allylic oxidation sites excluding steroid dienone is 1. The van der Waals surface area contributed by atoms with Gasteiger partial charge in [-0.2, -0.15) is 0 Å². The Balaban J connectivity index is 1.80. The molecule has 1 aliphatic heterocycles. The second-order valence-corrected chi connectivity index (χ2v) is 8.84. The van der Waals surface area contributed by atoms with Gasteiger partial charge in [-0.3, -0.25) is 0 Å². The van der Waals surface area contributed by atoms with E-state index in [2.05, 4.69) is 25.2 Å². The monoisotopic (exact) mass is 461 g/mol. The second kappa shape index (κ2) is 9.21. The van der Waals surface area contributed by atoms with E-state index in [0.717, 1.165) is 33.5 Å². The Kier molecular flexibility index (Phi) is 6.33. The number of nitrogens with one attached hydrogen (secondary N) is 1. The van der Waals surface area contributed by atoms with Gasteiger partial charge in [-0.25, -0.2) is 9.18 Å². The highest BCUT2D eigenvalue weighted by Crippen LogP contribution is 2.42. The van der Waals surface area contributed by atoms with E-state index in [1.807, 2.05) is 19.1 Å². The molecule has 0 atom stereocenters. The summed E-state index contributed by atoms with van der Waals surface area (Å²) in [4.78, 5) is 12.9. The molecule has 0 spiro atoms. The summed E-state index contributed by atoms with van der Waals surface area (Å²) in [6.07, 6.45) is 2.15. The van der Waals surface area contributed by atoms with E-state index < -0.39 is 5.97 Å². The van der Waals surface area contributed by atoms with Crippen LogP contribution < -0.4 is 14.8 Å². The summed E-state index contributed by atoms with van der Waals surface area (Å²) in [7, 11) is 3.06. The molecule has 34 heavy (non-hydrogen) atoms. The summed E-state index contributed by atoms with van der Waals surface area (Å²) < 4.78 is 30.4. The Morgan fingerprint density at radius 1 is 1.00 bits per heavy atom. The molecule has 3 aromatic rings. The number of anilines is 1. The van der Waals surface area contributed by atoms with Crippen LogP contribution in [0.25, 0.3) is 16.7 Å². The van der Waals surface area contributed by atoms with E-state index in [4.69, 9.17) is 14.2 Å². The maximum Gasteiger partial charge on any atom is 0.338 e. The van der Waals surface area contributed by atoms with Crippen molar-refractivity contribution < 1.29 is 23.4 Å². The van der Waals surface area contributed by atoms with E-state index in [-0.39, 0.29) is 18.0 Å². The molecule has 0 aliphatic carbocycles. The van der Waals surface area contributed by atoms with Crippen LogP contribution in [0.2, 0.25) is 0 Å². The molecule has 0 aromatic heterocycles. The van der Waals surface area contributed by atoms with E-state index >= 15 is 0 Å². The third kappa shape index (κ3) is 4.62. The topological polar surface area (TPSA) is 56.8 Å². The normalized spacial score (nSPS) is 13.9. The molecule has 0 radical (unpaired) electrons. The molecule has 4 rings (SSSR count). The molecule has 5 nitrogen and oxygen atoms in total. The number of halogens is 1. The van der Waals surface area contributed by atoms with Gasteiger partial charge in [0.05, 0.1) is 25.3 Å². The van der Waals surface area contributed by atoms with Gasteiger partial charge >= 0.3 is 5.97 Å². The Hall–Kier alpha value is -3.80. The zero-order valence-electron chi connectivity index (χ0n) is 20.0. The number of esters is 1. The Labute approximate surface area is 199 Å². The fourth-order valence-corrected chi connectivity index (χ4v) is 4.46. The largest absolute Gasteiger partial charge is 0.497 e. The fraction of sp³-hybridized carbons (Fsp3) is 0.250. The second-order valence-electron chi connectivity index (χ2n) is 8.84. The number of hydrogen-bond acceptors (Lipinski definition) is 5. The highest BCUT2D eigenvalue weighted by Gasteiger charge is 2.27. The lowest BCUT2D eigenvalue weighted by molar-refractivity contribution is 0.0472. The van der Waals surface area contributed by atoms with Gasteiger partial charge in [0.15, 0.2) is 0 Å². The molecule has 0 bridgehead atoms. The quantitative estimate of drug-likeness (QED) is 0.426. The first-order valence-electron chi connectivity index (χ1n) is 11.0. The van der Waals surface area contributed by atoms with E-state index in [1.54, 1.807) is 37.4 Å². The molecule has 0 fully saturated rings. The third-order valence-electron chi connectivity index (χ3n) is 5.85. The number of rotatable bonds is 6. The van der Waals surface area contributed by atoms with Gasteiger partial charge in [0.2, 0.25) is 0 Å². The van der Waals surface area contributed by atoms with Crippen molar-refractivity contribution in [3.8, 4) is 22.6 Å². The summed E-state index contributed by atoms with van der Waals surface area (Å²) in [6.45, 7) is 6.26. The maximum absolute atomic E-state index is 13.9. The molecule has 176 valence electrons. The van der Waals surface area contributed by atoms with Crippen molar-refractivity contribution in [2.24, 2.45) is 0 Å². The molecule has 1 heterocycles. The van der Waals surface area contributed by atoms with Crippen molar-refractivity contribution in [3.05, 3.63) is 83.2 Å². The summed E-state index contributed by atoms with van der Waals surface area (Å²) in [5.74, 6) is 0.142. The van der Waals surface area contributed by atoms with Crippen LogP contribution in [-0.4, -0.2) is 25.7 Å². The molecular formula is C28H28FNO4. The maximum atomic E-state index is 13.9. The number of hydrogen-bond donors (Lipinski definition) is 1. The number of benzene rings is 3. The van der Waals surface area contributed by atoms with Gasteiger partial charge < -0.3 is 19.5 Å². The standard InChI is InChI=1S/C28H28FNO4/c1-17-15-28(2,3)30-24-12-11-21(22-10-9-19(29)14-25(22)33-5)23(26(17)24)16-34-27(31)18-7-6-8-20(13-18)32-4/h6-15,30H,16H2,1-5H3. The number of fused-ring (bicyclic) bond motifs is 1. The van der Waals surface area contributed by atoms with Crippen LogP contribution in [0.15, 0.2) is 60.7 Å². The molecule has 3 aromatic carbocycles. The lowest BCUT2D eigenvalue weighted by Crippen LogP contribution is -2.32. The molecule has 0 saturated carbocycles. The van der Waals surface area contributed by atoms with Crippen LogP contribution in [0.4, 0.5) is 10.1 Å². The van der Waals surface area contributed by atoms with Crippen LogP contribution in [0.1, 0.15) is 42.3 Å². The molecule has 0 amide bonds. The van der Waals surface area contributed by atoms with E-state index in [0.29, 0.717) is 17.1 Å².